The quantitative estimate of drug-likeness (QED) is 0.634. The molecule has 0 spiro atoms. The highest BCUT2D eigenvalue weighted by molar-refractivity contribution is 7.89. The maximum atomic E-state index is 13.5. The summed E-state index contributed by atoms with van der Waals surface area (Å²) in [6.07, 6.45) is 0.983. The van der Waals surface area contributed by atoms with E-state index in [1.165, 1.54) is 0 Å². The van der Waals surface area contributed by atoms with E-state index in [0.717, 1.165) is 18.2 Å². The molecule has 1 aliphatic carbocycles. The number of nitrogens with one attached hydrogen (secondary N) is 1. The summed E-state index contributed by atoms with van der Waals surface area (Å²) in [5.74, 6) is -1.18. The summed E-state index contributed by atoms with van der Waals surface area (Å²) in [5.41, 5.74) is -1.04. The number of benzene rings is 1. The molecule has 1 fully saturated rings. The predicted molar refractivity (Wildman–Crippen MR) is 71.8 cm³/mol. The molecule has 1 aromatic carbocycles. The highest BCUT2D eigenvalue weighted by Gasteiger charge is 2.36. The Morgan fingerprint density at radius 3 is 2.71 bits per heavy atom. The molecule has 0 atom stereocenters. The van der Waals surface area contributed by atoms with Gasteiger partial charge in [-0.05, 0) is 31.9 Å². The first-order valence-electron chi connectivity index (χ1n) is 6.42. The fourth-order valence-electron chi connectivity index (χ4n) is 2.21. The lowest BCUT2D eigenvalue weighted by Gasteiger charge is -2.34. The van der Waals surface area contributed by atoms with Gasteiger partial charge >= 0.3 is 5.69 Å². The fraction of sp³-hybridized carbons (Fsp3) is 0.500. The summed E-state index contributed by atoms with van der Waals surface area (Å²) < 4.78 is 45.4. The van der Waals surface area contributed by atoms with Gasteiger partial charge in [-0.2, -0.15) is 4.39 Å². The Kier molecular flexibility index (Phi) is 4.55. The minimum absolute atomic E-state index is 0.00908. The van der Waals surface area contributed by atoms with E-state index < -0.39 is 31.3 Å². The number of para-hydroxylation sites is 1. The normalized spacial score (nSPS) is 21.8. The van der Waals surface area contributed by atoms with Crippen molar-refractivity contribution >= 4 is 15.7 Å². The highest BCUT2D eigenvalue weighted by atomic mass is 32.2. The average Bonchev–Trinajstić information content (AvgIpc) is 2.35. The van der Waals surface area contributed by atoms with Crippen molar-refractivity contribution in [3.8, 4) is 0 Å². The first-order chi connectivity index (χ1) is 9.85. The molecule has 0 aromatic heterocycles. The second-order valence-electron chi connectivity index (χ2n) is 4.71. The molecule has 0 heterocycles. The van der Waals surface area contributed by atoms with Gasteiger partial charge < -0.3 is 4.74 Å². The zero-order valence-electron chi connectivity index (χ0n) is 11.3. The molecular formula is C12H15FN2O5S. The van der Waals surface area contributed by atoms with Crippen LogP contribution in [0.2, 0.25) is 0 Å². The fourth-order valence-corrected chi connectivity index (χ4v) is 3.65. The number of hydrogen-bond acceptors (Lipinski definition) is 5. The van der Waals surface area contributed by atoms with Crippen molar-refractivity contribution in [1.82, 2.24) is 4.72 Å². The van der Waals surface area contributed by atoms with Gasteiger partial charge in [0.25, 0.3) is 0 Å². The summed E-state index contributed by atoms with van der Waals surface area (Å²) in [6, 6.07) is 2.64. The minimum Gasteiger partial charge on any atom is -0.378 e. The number of halogens is 1. The molecule has 1 aliphatic rings. The van der Waals surface area contributed by atoms with Crippen molar-refractivity contribution in [3.63, 3.8) is 0 Å². The third-order valence-corrected chi connectivity index (χ3v) is 4.79. The minimum atomic E-state index is -4.14. The summed E-state index contributed by atoms with van der Waals surface area (Å²) in [5, 5.41) is 10.8. The van der Waals surface area contributed by atoms with Crippen molar-refractivity contribution < 1.29 is 22.5 Å². The van der Waals surface area contributed by atoms with Crippen LogP contribution in [0.5, 0.6) is 0 Å². The summed E-state index contributed by atoms with van der Waals surface area (Å²) >= 11 is 0. The number of sulfonamides is 1. The Hall–Kier alpha value is -1.58. The van der Waals surface area contributed by atoms with Crippen molar-refractivity contribution in [3.05, 3.63) is 34.1 Å². The Bertz CT molecular complexity index is 643. The van der Waals surface area contributed by atoms with Crippen LogP contribution in [0, 0.1) is 15.9 Å². The maximum absolute atomic E-state index is 13.5. The van der Waals surface area contributed by atoms with Crippen molar-refractivity contribution in [2.45, 2.75) is 36.8 Å². The molecule has 0 radical (unpaired) electrons. The lowest BCUT2D eigenvalue weighted by molar-refractivity contribution is -0.390. The Morgan fingerprint density at radius 2 is 2.14 bits per heavy atom. The van der Waals surface area contributed by atoms with Gasteiger partial charge in [0, 0.05) is 12.6 Å². The van der Waals surface area contributed by atoms with E-state index in [1.54, 1.807) is 0 Å². The third kappa shape index (κ3) is 3.36. The van der Waals surface area contributed by atoms with Crippen LogP contribution in [0.15, 0.2) is 23.1 Å². The SMILES string of the molecule is CCOC1CC(NS(=O)(=O)c2cccc(F)c2[N+](=O)[O-])C1. The molecule has 0 unspecified atom stereocenters. The highest BCUT2D eigenvalue weighted by Crippen LogP contribution is 2.29. The van der Waals surface area contributed by atoms with Crippen LogP contribution in [-0.2, 0) is 14.8 Å². The molecule has 0 aliphatic heterocycles. The topological polar surface area (TPSA) is 98.5 Å². The van der Waals surface area contributed by atoms with E-state index in [0.29, 0.717) is 19.4 Å². The van der Waals surface area contributed by atoms with Crippen LogP contribution in [0.4, 0.5) is 10.1 Å². The van der Waals surface area contributed by atoms with Crippen molar-refractivity contribution in [2.75, 3.05) is 6.61 Å². The summed E-state index contributed by atoms with van der Waals surface area (Å²) in [4.78, 5) is 9.16. The number of hydrogen-bond donors (Lipinski definition) is 1. The van der Waals surface area contributed by atoms with E-state index in [-0.39, 0.29) is 12.1 Å². The molecule has 0 amide bonds. The molecule has 1 N–H and O–H groups in total. The van der Waals surface area contributed by atoms with Gasteiger partial charge in [0.15, 0.2) is 4.90 Å². The molecule has 116 valence electrons. The van der Waals surface area contributed by atoms with Crippen LogP contribution >= 0.6 is 0 Å². The van der Waals surface area contributed by atoms with Gasteiger partial charge in [0.1, 0.15) is 0 Å². The molecule has 1 aromatic rings. The average molecular weight is 318 g/mol. The number of ether oxygens (including phenoxy) is 1. The number of nitro groups is 1. The number of nitro benzene ring substituents is 1. The van der Waals surface area contributed by atoms with Crippen molar-refractivity contribution in [1.29, 1.82) is 0 Å². The van der Waals surface area contributed by atoms with Gasteiger partial charge in [-0.25, -0.2) is 13.1 Å². The molecular weight excluding hydrogens is 303 g/mol. The molecule has 7 nitrogen and oxygen atoms in total. The zero-order valence-corrected chi connectivity index (χ0v) is 12.1. The second-order valence-corrected chi connectivity index (χ2v) is 6.39. The summed E-state index contributed by atoms with van der Waals surface area (Å²) in [6.45, 7) is 2.38. The second kappa shape index (κ2) is 6.04. The number of nitrogens with zero attached hydrogens (tertiary/aromatic N) is 1. The molecule has 9 heteroatoms. The van der Waals surface area contributed by atoms with E-state index in [9.17, 15) is 22.9 Å². The number of rotatable bonds is 6. The van der Waals surface area contributed by atoms with Gasteiger partial charge in [0.2, 0.25) is 15.8 Å². The maximum Gasteiger partial charge on any atom is 0.324 e. The smallest absolute Gasteiger partial charge is 0.324 e. The monoisotopic (exact) mass is 318 g/mol. The van der Waals surface area contributed by atoms with Crippen LogP contribution < -0.4 is 4.72 Å². The van der Waals surface area contributed by atoms with Gasteiger partial charge in [0.05, 0.1) is 11.0 Å². The molecule has 2 rings (SSSR count). The van der Waals surface area contributed by atoms with Crippen molar-refractivity contribution in [2.24, 2.45) is 0 Å². The van der Waals surface area contributed by atoms with Crippen LogP contribution in [-0.4, -0.2) is 32.1 Å². The Labute approximate surface area is 121 Å². The van der Waals surface area contributed by atoms with Gasteiger partial charge in [-0.1, -0.05) is 6.07 Å². The largest absolute Gasteiger partial charge is 0.378 e. The van der Waals surface area contributed by atoms with E-state index >= 15 is 0 Å². The lowest BCUT2D eigenvalue weighted by atomic mass is 9.90. The van der Waals surface area contributed by atoms with Crippen LogP contribution in [0.1, 0.15) is 19.8 Å². The molecule has 21 heavy (non-hydrogen) atoms. The van der Waals surface area contributed by atoms with E-state index in [1.807, 2.05) is 6.92 Å². The predicted octanol–water partition coefficient (Wildman–Crippen LogP) is 1.58. The van der Waals surface area contributed by atoms with Crippen LogP contribution in [0.25, 0.3) is 0 Å². The molecule has 1 saturated carbocycles. The van der Waals surface area contributed by atoms with Gasteiger partial charge in [-0.3, -0.25) is 10.1 Å². The Balaban J connectivity index is 2.18. The standard InChI is InChI=1S/C12H15FN2O5S/c1-2-20-9-6-8(7-9)14-21(18,19)11-5-3-4-10(13)12(11)15(16)17/h3-5,8-9,14H,2,6-7H2,1H3. The van der Waals surface area contributed by atoms with Crippen LogP contribution in [0.3, 0.4) is 0 Å². The lowest BCUT2D eigenvalue weighted by Crippen LogP contribution is -2.47. The first-order valence-corrected chi connectivity index (χ1v) is 7.90. The molecule has 0 saturated heterocycles. The molecule has 0 bridgehead atoms. The first kappa shape index (κ1) is 15.8. The zero-order chi connectivity index (χ0) is 15.6. The van der Waals surface area contributed by atoms with Gasteiger partial charge in [-0.15, -0.1) is 0 Å². The van der Waals surface area contributed by atoms with E-state index in [2.05, 4.69) is 4.72 Å². The Morgan fingerprint density at radius 1 is 1.48 bits per heavy atom. The van der Waals surface area contributed by atoms with E-state index in [4.69, 9.17) is 4.74 Å². The third-order valence-electron chi connectivity index (χ3n) is 3.24. The summed E-state index contributed by atoms with van der Waals surface area (Å²) in [7, 11) is -4.14.